The quantitative estimate of drug-likeness (QED) is 0.326. The fourth-order valence-electron chi connectivity index (χ4n) is 3.67. The molecule has 0 N–H and O–H groups in total. The smallest absolute Gasteiger partial charge is 0.545 e. The van der Waals surface area contributed by atoms with E-state index in [9.17, 15) is 19.5 Å². The number of esters is 1. The molecular formula is C26H27N2NaO5. The molecule has 8 heteroatoms. The van der Waals surface area contributed by atoms with Gasteiger partial charge < -0.3 is 14.6 Å². The van der Waals surface area contributed by atoms with Crippen molar-refractivity contribution in [3.8, 4) is 11.1 Å². The molecule has 0 unspecified atom stereocenters. The summed E-state index contributed by atoms with van der Waals surface area (Å²) in [5.41, 5.74) is 2.34. The van der Waals surface area contributed by atoms with Crippen molar-refractivity contribution in [2.75, 3.05) is 6.61 Å². The molecule has 1 aromatic heterocycles. The Morgan fingerprint density at radius 2 is 1.74 bits per heavy atom. The summed E-state index contributed by atoms with van der Waals surface area (Å²) in [5.74, 6) is -1.28. The van der Waals surface area contributed by atoms with Crippen LogP contribution in [0.3, 0.4) is 0 Å². The number of carbonyl (C=O) groups excluding carboxylic acids is 2. The third kappa shape index (κ3) is 6.23. The number of benzene rings is 2. The van der Waals surface area contributed by atoms with Crippen molar-refractivity contribution < 1.29 is 49.0 Å². The van der Waals surface area contributed by atoms with Crippen LogP contribution in [-0.4, -0.2) is 28.1 Å². The summed E-state index contributed by atoms with van der Waals surface area (Å²) in [7, 11) is 0. The Morgan fingerprint density at radius 1 is 1.06 bits per heavy atom. The van der Waals surface area contributed by atoms with Crippen molar-refractivity contribution in [1.29, 1.82) is 0 Å². The van der Waals surface area contributed by atoms with Crippen LogP contribution >= 0.6 is 0 Å². The summed E-state index contributed by atoms with van der Waals surface area (Å²) in [6, 6.07) is 14.0. The van der Waals surface area contributed by atoms with Crippen molar-refractivity contribution in [2.45, 2.75) is 46.6 Å². The maximum absolute atomic E-state index is 13.1. The number of ether oxygens (including phenoxy) is 1. The normalized spacial score (nSPS) is 10.4. The van der Waals surface area contributed by atoms with Crippen LogP contribution in [0.1, 0.15) is 64.5 Å². The molecular weight excluding hydrogens is 443 g/mol. The van der Waals surface area contributed by atoms with Crippen LogP contribution in [0, 0.1) is 6.92 Å². The third-order valence-electron chi connectivity index (χ3n) is 5.45. The summed E-state index contributed by atoms with van der Waals surface area (Å²) >= 11 is 0. The van der Waals surface area contributed by atoms with E-state index in [0.717, 1.165) is 24.0 Å². The molecule has 3 aromatic rings. The van der Waals surface area contributed by atoms with Gasteiger partial charge in [-0.2, -0.15) is 0 Å². The SMILES string of the molecule is CCCCc1nc(C(=O)OCC)c(C)c(=O)n1Cc1ccc(-c2ccccc2C(=O)[O-])cc1.[Na+]. The Kier molecular flexibility index (Phi) is 10.2. The van der Waals surface area contributed by atoms with Gasteiger partial charge in [-0.15, -0.1) is 0 Å². The molecule has 0 saturated carbocycles. The minimum Gasteiger partial charge on any atom is -0.545 e. The van der Waals surface area contributed by atoms with Crippen LogP contribution in [0.2, 0.25) is 0 Å². The van der Waals surface area contributed by atoms with Gasteiger partial charge in [0.15, 0.2) is 5.69 Å². The van der Waals surface area contributed by atoms with Crippen LogP contribution in [-0.2, 0) is 17.7 Å². The second-order valence-corrected chi connectivity index (χ2v) is 7.75. The number of carboxylic acids is 1. The first-order chi connectivity index (χ1) is 15.9. The number of aromatic nitrogens is 2. The third-order valence-corrected chi connectivity index (χ3v) is 5.45. The van der Waals surface area contributed by atoms with Crippen LogP contribution in [0.5, 0.6) is 0 Å². The Labute approximate surface area is 221 Å². The molecule has 0 amide bonds. The van der Waals surface area contributed by atoms with Crippen LogP contribution in [0.15, 0.2) is 53.3 Å². The van der Waals surface area contributed by atoms with E-state index in [1.165, 1.54) is 6.07 Å². The van der Waals surface area contributed by atoms with Gasteiger partial charge in [0.05, 0.1) is 19.1 Å². The number of nitrogens with zero attached hydrogens (tertiary/aromatic N) is 2. The van der Waals surface area contributed by atoms with Gasteiger partial charge in [-0.3, -0.25) is 9.36 Å². The summed E-state index contributed by atoms with van der Waals surface area (Å²) in [6.07, 6.45) is 2.32. The minimum atomic E-state index is -1.23. The molecule has 0 aliphatic rings. The van der Waals surface area contributed by atoms with E-state index in [4.69, 9.17) is 4.74 Å². The van der Waals surface area contributed by atoms with Crippen molar-refractivity contribution in [2.24, 2.45) is 0 Å². The molecule has 7 nitrogen and oxygen atoms in total. The zero-order chi connectivity index (χ0) is 24.0. The van der Waals surface area contributed by atoms with E-state index in [1.807, 2.05) is 31.2 Å². The molecule has 0 fully saturated rings. The van der Waals surface area contributed by atoms with E-state index < -0.39 is 11.9 Å². The molecule has 0 aliphatic carbocycles. The Bertz CT molecular complexity index is 1220. The average Bonchev–Trinajstić information content (AvgIpc) is 2.82. The Hall–Kier alpha value is -2.74. The Morgan fingerprint density at radius 3 is 2.35 bits per heavy atom. The largest absolute Gasteiger partial charge is 1.00 e. The van der Waals surface area contributed by atoms with Crippen LogP contribution < -0.4 is 40.2 Å². The van der Waals surface area contributed by atoms with E-state index in [0.29, 0.717) is 17.8 Å². The fourth-order valence-corrected chi connectivity index (χ4v) is 3.67. The predicted molar refractivity (Wildman–Crippen MR) is 123 cm³/mol. The van der Waals surface area contributed by atoms with E-state index in [2.05, 4.69) is 4.98 Å². The average molecular weight is 471 g/mol. The molecule has 0 atom stereocenters. The van der Waals surface area contributed by atoms with Gasteiger partial charge in [-0.25, -0.2) is 9.78 Å². The summed E-state index contributed by atoms with van der Waals surface area (Å²) in [6.45, 7) is 5.84. The first kappa shape index (κ1) is 27.5. The molecule has 0 bridgehead atoms. The molecule has 3 rings (SSSR count). The van der Waals surface area contributed by atoms with Crippen LogP contribution in [0.25, 0.3) is 11.1 Å². The molecule has 2 aromatic carbocycles. The number of carbonyl (C=O) groups is 2. The number of unbranched alkanes of at least 4 members (excludes halogenated alkanes) is 1. The first-order valence-corrected chi connectivity index (χ1v) is 11.0. The molecule has 0 saturated heterocycles. The van der Waals surface area contributed by atoms with Crippen LogP contribution in [0.4, 0.5) is 0 Å². The van der Waals surface area contributed by atoms with E-state index >= 15 is 0 Å². The molecule has 1 heterocycles. The van der Waals surface area contributed by atoms with Crippen molar-refractivity contribution in [3.05, 3.63) is 87.1 Å². The van der Waals surface area contributed by atoms with Crippen molar-refractivity contribution >= 4 is 11.9 Å². The van der Waals surface area contributed by atoms with Crippen molar-refractivity contribution in [1.82, 2.24) is 9.55 Å². The summed E-state index contributed by atoms with van der Waals surface area (Å²) in [5, 5.41) is 11.4. The maximum Gasteiger partial charge on any atom is 1.00 e. The second kappa shape index (κ2) is 12.6. The second-order valence-electron chi connectivity index (χ2n) is 7.75. The minimum absolute atomic E-state index is 0. The van der Waals surface area contributed by atoms with Gasteiger partial charge in [0, 0.05) is 17.5 Å². The van der Waals surface area contributed by atoms with Gasteiger partial charge >= 0.3 is 35.5 Å². The van der Waals surface area contributed by atoms with Gasteiger partial charge in [0.2, 0.25) is 0 Å². The van der Waals surface area contributed by atoms with Gasteiger partial charge in [0.25, 0.3) is 5.56 Å². The molecule has 34 heavy (non-hydrogen) atoms. The molecule has 0 radical (unpaired) electrons. The maximum atomic E-state index is 13.1. The zero-order valence-electron chi connectivity index (χ0n) is 20.1. The number of aromatic carboxylic acids is 1. The number of hydrogen-bond acceptors (Lipinski definition) is 6. The molecule has 0 spiro atoms. The summed E-state index contributed by atoms with van der Waals surface area (Å²) in [4.78, 5) is 41.3. The predicted octanol–water partition coefficient (Wildman–Crippen LogP) is 0.154. The number of carboxylic acid groups (broad SMARTS) is 1. The Balaban J connectivity index is 0.00000408. The number of aryl methyl sites for hydroxylation is 1. The molecule has 0 aliphatic heterocycles. The molecule has 172 valence electrons. The van der Waals surface area contributed by atoms with E-state index in [-0.39, 0.29) is 65.1 Å². The summed E-state index contributed by atoms with van der Waals surface area (Å²) < 4.78 is 6.66. The van der Waals surface area contributed by atoms with Gasteiger partial charge in [0.1, 0.15) is 5.82 Å². The topological polar surface area (TPSA) is 101 Å². The van der Waals surface area contributed by atoms with E-state index in [1.54, 1.807) is 36.6 Å². The van der Waals surface area contributed by atoms with Crippen molar-refractivity contribution in [3.63, 3.8) is 0 Å². The number of rotatable bonds is 9. The first-order valence-electron chi connectivity index (χ1n) is 11.0. The fraction of sp³-hybridized carbons (Fsp3) is 0.308. The zero-order valence-corrected chi connectivity index (χ0v) is 22.1. The number of hydrogen-bond donors (Lipinski definition) is 0. The van der Waals surface area contributed by atoms with Gasteiger partial charge in [-0.05, 0) is 37.0 Å². The monoisotopic (exact) mass is 470 g/mol. The standard InChI is InChI=1S/C26H28N2O5.Na/c1-4-6-11-22-27-23(26(32)33-5-2)17(3)24(29)28(22)16-18-12-14-19(15-13-18)20-9-7-8-10-21(20)25(30)31;/h7-10,12-15H,4-6,11,16H2,1-3H3,(H,30,31);/q;+1/p-1. The van der Waals surface area contributed by atoms with Gasteiger partial charge in [-0.1, -0.05) is 61.9 Å².